The van der Waals surface area contributed by atoms with E-state index < -0.39 is 10.0 Å². The van der Waals surface area contributed by atoms with Gasteiger partial charge < -0.3 is 0 Å². The molecule has 1 atom stereocenters. The standard InChI is InChI=1S/C15H21N5O2S/c1-10-7-13(14-8-11(2)18-19-14)17-15(16-10)12-5-4-6-20(9-12)23(3,21)22/h7-8,12H,4-6,9H2,1-3H3,(H,18,19)/t12-/m1/s1. The Kier molecular flexibility index (Phi) is 4.20. The number of aromatic amines is 1. The molecule has 1 aliphatic heterocycles. The SMILES string of the molecule is Cc1cc(-c2cc(C)[nH]n2)nc([C@@H]2CCCN(S(C)(=O)=O)C2)n1. The van der Waals surface area contributed by atoms with Gasteiger partial charge >= 0.3 is 0 Å². The van der Waals surface area contributed by atoms with E-state index in [0.717, 1.165) is 35.6 Å². The van der Waals surface area contributed by atoms with Crippen molar-refractivity contribution in [2.45, 2.75) is 32.6 Å². The zero-order valence-corrected chi connectivity index (χ0v) is 14.4. The van der Waals surface area contributed by atoms with Crippen LogP contribution in [0.2, 0.25) is 0 Å². The lowest BCUT2D eigenvalue weighted by molar-refractivity contribution is 0.311. The second kappa shape index (κ2) is 6.01. The molecular formula is C15H21N5O2S. The molecule has 1 N–H and O–H groups in total. The van der Waals surface area contributed by atoms with Gasteiger partial charge in [0.25, 0.3) is 0 Å². The minimum atomic E-state index is -3.18. The Bertz CT molecular complexity index is 815. The number of hydrogen-bond acceptors (Lipinski definition) is 5. The average Bonchev–Trinajstić information content (AvgIpc) is 2.92. The summed E-state index contributed by atoms with van der Waals surface area (Å²) in [6.45, 7) is 4.88. The Balaban J connectivity index is 1.92. The Hall–Kier alpha value is -1.80. The number of nitrogens with zero attached hydrogens (tertiary/aromatic N) is 4. The molecule has 0 unspecified atom stereocenters. The third-order valence-electron chi connectivity index (χ3n) is 4.06. The van der Waals surface area contributed by atoms with Crippen LogP contribution in [0.25, 0.3) is 11.4 Å². The number of rotatable bonds is 3. The maximum atomic E-state index is 11.8. The van der Waals surface area contributed by atoms with Crippen LogP contribution >= 0.6 is 0 Å². The molecule has 124 valence electrons. The number of sulfonamides is 1. The van der Waals surface area contributed by atoms with E-state index in [1.807, 2.05) is 26.0 Å². The first-order valence-corrected chi connectivity index (χ1v) is 9.51. The van der Waals surface area contributed by atoms with Gasteiger partial charge in [-0.25, -0.2) is 22.7 Å². The largest absolute Gasteiger partial charge is 0.282 e. The molecule has 0 spiro atoms. The predicted molar refractivity (Wildman–Crippen MR) is 87.5 cm³/mol. The smallest absolute Gasteiger partial charge is 0.211 e. The van der Waals surface area contributed by atoms with Crippen molar-refractivity contribution in [2.24, 2.45) is 0 Å². The number of hydrogen-bond donors (Lipinski definition) is 1. The maximum absolute atomic E-state index is 11.8. The first-order valence-electron chi connectivity index (χ1n) is 7.66. The fourth-order valence-corrected chi connectivity index (χ4v) is 3.82. The predicted octanol–water partition coefficient (Wildman–Crippen LogP) is 1.62. The highest BCUT2D eigenvalue weighted by atomic mass is 32.2. The van der Waals surface area contributed by atoms with Crippen molar-refractivity contribution < 1.29 is 8.42 Å². The summed E-state index contributed by atoms with van der Waals surface area (Å²) >= 11 is 0. The lowest BCUT2D eigenvalue weighted by Crippen LogP contribution is -2.38. The summed E-state index contributed by atoms with van der Waals surface area (Å²) in [7, 11) is -3.18. The van der Waals surface area contributed by atoms with Crippen LogP contribution in [0.4, 0.5) is 0 Å². The lowest BCUT2D eigenvalue weighted by Gasteiger charge is -2.30. The van der Waals surface area contributed by atoms with E-state index in [9.17, 15) is 8.42 Å². The number of aromatic nitrogens is 4. The highest BCUT2D eigenvalue weighted by Crippen LogP contribution is 2.27. The van der Waals surface area contributed by atoms with Gasteiger partial charge in [0.05, 0.1) is 11.9 Å². The Morgan fingerprint density at radius 1 is 1.22 bits per heavy atom. The third kappa shape index (κ3) is 3.59. The van der Waals surface area contributed by atoms with Crippen LogP contribution in [0.3, 0.4) is 0 Å². The van der Waals surface area contributed by atoms with Crippen LogP contribution in [-0.2, 0) is 10.0 Å². The molecule has 2 aromatic rings. The van der Waals surface area contributed by atoms with E-state index in [4.69, 9.17) is 0 Å². The molecule has 0 aromatic carbocycles. The molecule has 0 amide bonds. The number of H-pyrrole nitrogens is 1. The van der Waals surface area contributed by atoms with Crippen LogP contribution in [-0.4, -0.2) is 52.2 Å². The van der Waals surface area contributed by atoms with Gasteiger partial charge in [-0.2, -0.15) is 5.10 Å². The van der Waals surface area contributed by atoms with Crippen LogP contribution in [0.15, 0.2) is 12.1 Å². The summed E-state index contributed by atoms with van der Waals surface area (Å²) in [5.41, 5.74) is 3.39. The van der Waals surface area contributed by atoms with Crippen molar-refractivity contribution >= 4 is 10.0 Å². The molecule has 23 heavy (non-hydrogen) atoms. The average molecular weight is 335 g/mol. The van der Waals surface area contributed by atoms with Gasteiger partial charge in [-0.05, 0) is 38.8 Å². The van der Waals surface area contributed by atoms with Crippen molar-refractivity contribution in [1.82, 2.24) is 24.5 Å². The second-order valence-corrected chi connectivity index (χ2v) is 8.13. The first kappa shape index (κ1) is 16.1. The van der Waals surface area contributed by atoms with Crippen molar-refractivity contribution in [1.29, 1.82) is 0 Å². The summed E-state index contributed by atoms with van der Waals surface area (Å²) in [4.78, 5) is 9.18. The van der Waals surface area contributed by atoms with E-state index in [1.54, 1.807) is 0 Å². The van der Waals surface area contributed by atoms with E-state index >= 15 is 0 Å². The maximum Gasteiger partial charge on any atom is 0.211 e. The normalized spacial score (nSPS) is 19.9. The molecule has 1 aliphatic rings. The first-order chi connectivity index (χ1) is 10.8. The van der Waals surface area contributed by atoms with Crippen LogP contribution in [0.1, 0.15) is 36.0 Å². The summed E-state index contributed by atoms with van der Waals surface area (Å²) < 4.78 is 25.1. The van der Waals surface area contributed by atoms with E-state index in [2.05, 4.69) is 20.2 Å². The number of piperidine rings is 1. The van der Waals surface area contributed by atoms with Crippen molar-refractivity contribution in [3.8, 4) is 11.4 Å². The molecule has 0 aliphatic carbocycles. The summed E-state index contributed by atoms with van der Waals surface area (Å²) in [5.74, 6) is 0.728. The number of nitrogens with one attached hydrogen (secondary N) is 1. The fourth-order valence-electron chi connectivity index (χ4n) is 2.91. The number of aryl methyl sites for hydroxylation is 2. The van der Waals surface area contributed by atoms with Gasteiger partial charge in [0.2, 0.25) is 10.0 Å². The molecular weight excluding hydrogens is 314 g/mol. The van der Waals surface area contributed by atoms with Gasteiger partial charge in [-0.1, -0.05) is 0 Å². The second-order valence-electron chi connectivity index (χ2n) is 6.15. The van der Waals surface area contributed by atoms with E-state index in [0.29, 0.717) is 18.9 Å². The lowest BCUT2D eigenvalue weighted by atomic mass is 9.98. The van der Waals surface area contributed by atoms with Crippen LogP contribution < -0.4 is 0 Å². The molecule has 3 heterocycles. The molecule has 0 saturated carbocycles. The van der Waals surface area contributed by atoms with Gasteiger partial charge in [-0.15, -0.1) is 0 Å². The Labute approximate surface area is 136 Å². The molecule has 0 radical (unpaired) electrons. The van der Waals surface area contributed by atoms with Gasteiger partial charge in [-0.3, -0.25) is 5.10 Å². The summed E-state index contributed by atoms with van der Waals surface area (Å²) in [6.07, 6.45) is 2.98. The van der Waals surface area contributed by atoms with Crippen LogP contribution in [0.5, 0.6) is 0 Å². The van der Waals surface area contributed by atoms with Crippen molar-refractivity contribution in [2.75, 3.05) is 19.3 Å². The van der Waals surface area contributed by atoms with Gasteiger partial charge in [0, 0.05) is 30.4 Å². The minimum Gasteiger partial charge on any atom is -0.282 e. The monoisotopic (exact) mass is 335 g/mol. The third-order valence-corrected chi connectivity index (χ3v) is 5.33. The molecule has 7 nitrogen and oxygen atoms in total. The molecule has 8 heteroatoms. The molecule has 3 rings (SSSR count). The highest BCUT2D eigenvalue weighted by Gasteiger charge is 2.28. The van der Waals surface area contributed by atoms with Gasteiger partial charge in [0.1, 0.15) is 11.5 Å². The molecule has 1 fully saturated rings. The highest BCUT2D eigenvalue weighted by molar-refractivity contribution is 7.88. The van der Waals surface area contributed by atoms with Crippen LogP contribution in [0, 0.1) is 13.8 Å². The molecule has 2 aromatic heterocycles. The van der Waals surface area contributed by atoms with Crippen molar-refractivity contribution in [3.63, 3.8) is 0 Å². The zero-order valence-electron chi connectivity index (χ0n) is 13.6. The Morgan fingerprint density at radius 2 is 2.00 bits per heavy atom. The fraction of sp³-hybridized carbons (Fsp3) is 0.533. The summed E-state index contributed by atoms with van der Waals surface area (Å²) in [6, 6.07) is 3.84. The molecule has 1 saturated heterocycles. The van der Waals surface area contributed by atoms with E-state index in [1.165, 1.54) is 10.6 Å². The van der Waals surface area contributed by atoms with Crippen molar-refractivity contribution in [3.05, 3.63) is 29.3 Å². The Morgan fingerprint density at radius 3 is 2.65 bits per heavy atom. The van der Waals surface area contributed by atoms with Gasteiger partial charge in [0.15, 0.2) is 0 Å². The summed E-state index contributed by atoms with van der Waals surface area (Å²) in [5, 5.41) is 7.16. The molecule has 0 bridgehead atoms. The van der Waals surface area contributed by atoms with E-state index in [-0.39, 0.29) is 5.92 Å². The zero-order chi connectivity index (χ0) is 16.6. The topological polar surface area (TPSA) is 91.8 Å². The quantitative estimate of drug-likeness (QED) is 0.920. The minimum absolute atomic E-state index is 0.0252.